The molecule has 0 spiro atoms. The molecule has 0 saturated heterocycles. The van der Waals surface area contributed by atoms with Gasteiger partial charge >= 0.3 is 0 Å². The zero-order chi connectivity index (χ0) is 19.4. The molecule has 0 atom stereocenters. The standard InChI is InChI=1S/C19H17N3O3S2/c1-25-18-8-4-6-15(10-18)19-21-16(13-26-19)12-22(27(2,23)24)17-7-3-5-14(9-17)11-20/h3-10,13H,12H2,1-2H3. The van der Waals surface area contributed by atoms with Crippen LogP contribution in [0.1, 0.15) is 11.3 Å². The summed E-state index contributed by atoms with van der Waals surface area (Å²) in [4.78, 5) is 4.57. The maximum absolute atomic E-state index is 12.3. The quantitative estimate of drug-likeness (QED) is 0.632. The maximum Gasteiger partial charge on any atom is 0.232 e. The minimum atomic E-state index is -3.54. The molecule has 0 radical (unpaired) electrons. The van der Waals surface area contributed by atoms with E-state index in [1.807, 2.05) is 35.7 Å². The van der Waals surface area contributed by atoms with Crippen molar-refractivity contribution in [2.45, 2.75) is 6.54 Å². The number of hydrogen-bond donors (Lipinski definition) is 0. The SMILES string of the molecule is COc1cccc(-c2nc(CN(c3cccc(C#N)c3)S(C)(=O)=O)cs2)c1. The van der Waals surface area contributed by atoms with Crippen LogP contribution < -0.4 is 9.04 Å². The summed E-state index contributed by atoms with van der Waals surface area (Å²) < 4.78 is 31.1. The van der Waals surface area contributed by atoms with E-state index in [0.717, 1.165) is 22.6 Å². The Hall–Kier alpha value is -2.89. The summed E-state index contributed by atoms with van der Waals surface area (Å²) in [6.07, 6.45) is 1.14. The highest BCUT2D eigenvalue weighted by molar-refractivity contribution is 7.92. The van der Waals surface area contributed by atoms with Crippen molar-refractivity contribution in [3.05, 3.63) is 65.2 Å². The Morgan fingerprint density at radius 3 is 2.70 bits per heavy atom. The van der Waals surface area contributed by atoms with E-state index in [1.165, 1.54) is 15.6 Å². The Morgan fingerprint density at radius 2 is 2.00 bits per heavy atom. The summed E-state index contributed by atoms with van der Waals surface area (Å²) in [7, 11) is -1.94. The van der Waals surface area contributed by atoms with Crippen molar-refractivity contribution in [1.29, 1.82) is 5.26 Å². The van der Waals surface area contributed by atoms with E-state index in [2.05, 4.69) is 4.98 Å². The first kappa shape index (κ1) is 18.9. The average molecular weight is 399 g/mol. The van der Waals surface area contributed by atoms with Crippen LogP contribution in [-0.4, -0.2) is 26.8 Å². The first-order valence-corrected chi connectivity index (χ1v) is 10.7. The van der Waals surface area contributed by atoms with Gasteiger partial charge in [0.05, 0.1) is 42.9 Å². The van der Waals surface area contributed by atoms with Gasteiger partial charge in [-0.05, 0) is 30.3 Å². The minimum absolute atomic E-state index is 0.0915. The van der Waals surface area contributed by atoms with E-state index in [0.29, 0.717) is 16.9 Å². The lowest BCUT2D eigenvalue weighted by atomic mass is 10.2. The molecule has 0 bridgehead atoms. The van der Waals surface area contributed by atoms with Crippen LogP contribution in [-0.2, 0) is 16.6 Å². The van der Waals surface area contributed by atoms with Crippen LogP contribution in [0.4, 0.5) is 5.69 Å². The molecule has 0 aliphatic carbocycles. The number of anilines is 1. The number of ether oxygens (including phenoxy) is 1. The number of hydrogen-bond acceptors (Lipinski definition) is 6. The molecule has 8 heteroatoms. The van der Waals surface area contributed by atoms with Crippen molar-refractivity contribution in [2.75, 3.05) is 17.7 Å². The number of nitriles is 1. The summed E-state index contributed by atoms with van der Waals surface area (Å²) in [6, 6.07) is 16.1. The summed E-state index contributed by atoms with van der Waals surface area (Å²) in [5.74, 6) is 0.732. The molecule has 0 unspecified atom stereocenters. The van der Waals surface area contributed by atoms with Gasteiger partial charge in [0, 0.05) is 10.9 Å². The Morgan fingerprint density at radius 1 is 1.22 bits per heavy atom. The number of nitrogens with zero attached hydrogens (tertiary/aromatic N) is 3. The van der Waals surface area contributed by atoms with E-state index < -0.39 is 10.0 Å². The molecule has 0 aliphatic rings. The van der Waals surface area contributed by atoms with Crippen LogP contribution >= 0.6 is 11.3 Å². The molecule has 0 N–H and O–H groups in total. The minimum Gasteiger partial charge on any atom is -0.497 e. The maximum atomic E-state index is 12.3. The molecule has 0 amide bonds. The highest BCUT2D eigenvalue weighted by Gasteiger charge is 2.20. The summed E-state index contributed by atoms with van der Waals surface area (Å²) >= 11 is 1.44. The predicted octanol–water partition coefficient (Wildman–Crippen LogP) is 3.66. The first-order chi connectivity index (χ1) is 12.9. The fraction of sp³-hybridized carbons (Fsp3) is 0.158. The third kappa shape index (κ3) is 4.45. The lowest BCUT2D eigenvalue weighted by molar-refractivity contribution is 0.415. The molecule has 2 aromatic carbocycles. The smallest absolute Gasteiger partial charge is 0.232 e. The normalized spacial score (nSPS) is 11.0. The van der Waals surface area contributed by atoms with Gasteiger partial charge in [0.1, 0.15) is 10.8 Å². The van der Waals surface area contributed by atoms with Gasteiger partial charge < -0.3 is 4.74 Å². The number of rotatable bonds is 6. The molecule has 1 aromatic heterocycles. The zero-order valence-electron chi connectivity index (χ0n) is 14.8. The van der Waals surface area contributed by atoms with E-state index in [-0.39, 0.29) is 6.54 Å². The van der Waals surface area contributed by atoms with Crippen LogP contribution in [0.25, 0.3) is 10.6 Å². The molecular weight excluding hydrogens is 382 g/mol. The molecular formula is C19H17N3O3S2. The van der Waals surface area contributed by atoms with Crippen LogP contribution in [0.15, 0.2) is 53.9 Å². The average Bonchev–Trinajstić information content (AvgIpc) is 3.14. The van der Waals surface area contributed by atoms with E-state index in [4.69, 9.17) is 10.00 Å². The number of sulfonamides is 1. The number of aromatic nitrogens is 1. The highest BCUT2D eigenvalue weighted by Crippen LogP contribution is 2.28. The Kier molecular flexibility index (Phi) is 5.44. The fourth-order valence-corrected chi connectivity index (χ4v) is 4.22. The van der Waals surface area contributed by atoms with Crippen molar-refractivity contribution < 1.29 is 13.2 Å². The third-order valence-electron chi connectivity index (χ3n) is 3.84. The number of thiazole rings is 1. The first-order valence-electron chi connectivity index (χ1n) is 7.97. The van der Waals surface area contributed by atoms with E-state index in [9.17, 15) is 8.42 Å². The van der Waals surface area contributed by atoms with Crippen molar-refractivity contribution in [3.63, 3.8) is 0 Å². The Balaban J connectivity index is 1.91. The van der Waals surface area contributed by atoms with Crippen LogP contribution in [0.5, 0.6) is 5.75 Å². The molecule has 3 rings (SSSR count). The zero-order valence-corrected chi connectivity index (χ0v) is 16.4. The van der Waals surface area contributed by atoms with Crippen LogP contribution in [0.2, 0.25) is 0 Å². The molecule has 1 heterocycles. The van der Waals surface area contributed by atoms with Crippen molar-refractivity contribution in [2.24, 2.45) is 0 Å². The van der Waals surface area contributed by atoms with Crippen LogP contribution in [0, 0.1) is 11.3 Å². The lowest BCUT2D eigenvalue weighted by Crippen LogP contribution is -2.29. The fourth-order valence-electron chi connectivity index (χ4n) is 2.55. The monoisotopic (exact) mass is 399 g/mol. The molecule has 0 aliphatic heterocycles. The predicted molar refractivity (Wildman–Crippen MR) is 106 cm³/mol. The molecule has 138 valence electrons. The third-order valence-corrected chi connectivity index (χ3v) is 5.92. The summed E-state index contributed by atoms with van der Waals surface area (Å²) in [5, 5.41) is 11.7. The summed E-state index contributed by atoms with van der Waals surface area (Å²) in [6.45, 7) is 0.0915. The van der Waals surface area contributed by atoms with E-state index >= 15 is 0 Å². The number of methoxy groups -OCH3 is 1. The van der Waals surface area contributed by atoms with Gasteiger partial charge in [0.25, 0.3) is 0 Å². The molecule has 27 heavy (non-hydrogen) atoms. The lowest BCUT2D eigenvalue weighted by Gasteiger charge is -2.21. The molecule has 3 aromatic rings. The summed E-state index contributed by atoms with van der Waals surface area (Å²) in [5.41, 5.74) is 2.37. The topological polar surface area (TPSA) is 83.3 Å². The van der Waals surface area contributed by atoms with Gasteiger partial charge in [0.2, 0.25) is 10.0 Å². The van der Waals surface area contributed by atoms with E-state index in [1.54, 1.807) is 31.4 Å². The van der Waals surface area contributed by atoms with Crippen molar-refractivity contribution >= 4 is 27.0 Å². The second-order valence-electron chi connectivity index (χ2n) is 5.81. The van der Waals surface area contributed by atoms with Gasteiger partial charge in [-0.1, -0.05) is 18.2 Å². The molecule has 0 fully saturated rings. The van der Waals surface area contributed by atoms with Gasteiger partial charge in [-0.15, -0.1) is 11.3 Å². The van der Waals surface area contributed by atoms with Gasteiger partial charge in [-0.25, -0.2) is 13.4 Å². The van der Waals surface area contributed by atoms with Gasteiger partial charge in [-0.3, -0.25) is 4.31 Å². The van der Waals surface area contributed by atoms with Gasteiger partial charge in [0.15, 0.2) is 0 Å². The number of benzene rings is 2. The molecule has 0 saturated carbocycles. The van der Waals surface area contributed by atoms with Crippen molar-refractivity contribution in [3.8, 4) is 22.4 Å². The highest BCUT2D eigenvalue weighted by atomic mass is 32.2. The van der Waals surface area contributed by atoms with Crippen LogP contribution in [0.3, 0.4) is 0 Å². The Bertz CT molecular complexity index is 1100. The Labute approximate surface area is 162 Å². The van der Waals surface area contributed by atoms with Crippen molar-refractivity contribution in [1.82, 2.24) is 4.98 Å². The van der Waals surface area contributed by atoms with Gasteiger partial charge in [-0.2, -0.15) is 5.26 Å². The largest absolute Gasteiger partial charge is 0.497 e. The second kappa shape index (κ2) is 7.78. The molecule has 6 nitrogen and oxygen atoms in total. The second-order valence-corrected chi connectivity index (χ2v) is 8.57.